The van der Waals surface area contributed by atoms with Gasteiger partial charge in [0.2, 0.25) is 0 Å². The highest BCUT2D eigenvalue weighted by atomic mass is 32.1. The third-order valence-electron chi connectivity index (χ3n) is 3.68. The number of hydrogen-bond donors (Lipinski definition) is 2. The second kappa shape index (κ2) is 5.65. The fraction of sp³-hybridized carbons (Fsp3) is 0.571. The van der Waals surface area contributed by atoms with Crippen molar-refractivity contribution in [3.63, 3.8) is 0 Å². The monoisotopic (exact) mass is 263 g/mol. The summed E-state index contributed by atoms with van der Waals surface area (Å²) in [5.41, 5.74) is 7.78. The van der Waals surface area contributed by atoms with Gasteiger partial charge in [0.25, 0.3) is 0 Å². The number of aromatic nitrogens is 1. The Morgan fingerprint density at radius 2 is 2.28 bits per heavy atom. The maximum atomic E-state index is 5.80. The topological polar surface area (TPSA) is 50.9 Å². The van der Waals surface area contributed by atoms with Crippen molar-refractivity contribution in [3.8, 4) is 0 Å². The van der Waals surface area contributed by atoms with E-state index in [0.717, 1.165) is 22.9 Å². The number of aryl methyl sites for hydroxylation is 1. The van der Waals surface area contributed by atoms with Gasteiger partial charge in [-0.25, -0.2) is 4.98 Å². The van der Waals surface area contributed by atoms with E-state index < -0.39 is 0 Å². The summed E-state index contributed by atoms with van der Waals surface area (Å²) in [5.74, 6) is 1.64. The minimum atomic E-state index is 0.423. The molecule has 1 aromatic heterocycles. The lowest BCUT2D eigenvalue weighted by Gasteiger charge is -2.28. The number of nitrogens with one attached hydrogen (secondary N) is 1. The van der Waals surface area contributed by atoms with Crippen molar-refractivity contribution in [1.82, 2.24) is 4.98 Å². The normalized spacial score (nSPS) is 23.7. The van der Waals surface area contributed by atoms with E-state index in [1.165, 1.54) is 25.7 Å². The van der Waals surface area contributed by atoms with E-state index in [4.69, 9.17) is 18.0 Å². The van der Waals surface area contributed by atoms with E-state index in [-0.39, 0.29) is 0 Å². The van der Waals surface area contributed by atoms with E-state index in [1.54, 1.807) is 0 Å². The number of thiocarbonyl (C=S) groups is 1. The molecule has 1 aromatic rings. The van der Waals surface area contributed by atoms with E-state index in [2.05, 4.69) is 17.2 Å². The fourth-order valence-electron chi connectivity index (χ4n) is 2.74. The maximum Gasteiger partial charge on any atom is 0.136 e. The van der Waals surface area contributed by atoms with Crippen LogP contribution < -0.4 is 11.1 Å². The molecule has 0 radical (unpaired) electrons. The van der Waals surface area contributed by atoms with Crippen LogP contribution in [0.1, 0.15) is 43.7 Å². The van der Waals surface area contributed by atoms with Crippen LogP contribution in [0.15, 0.2) is 12.3 Å². The van der Waals surface area contributed by atoms with Crippen LogP contribution in [0.3, 0.4) is 0 Å². The Labute approximate surface area is 114 Å². The smallest absolute Gasteiger partial charge is 0.136 e. The second-order valence-electron chi connectivity index (χ2n) is 5.33. The zero-order valence-electron chi connectivity index (χ0n) is 11.1. The molecule has 1 saturated carbocycles. The third-order valence-corrected chi connectivity index (χ3v) is 3.89. The summed E-state index contributed by atoms with van der Waals surface area (Å²) in [4.78, 5) is 4.82. The minimum absolute atomic E-state index is 0.423. The molecule has 0 aromatic carbocycles. The fourth-order valence-corrected chi connectivity index (χ4v) is 2.99. The molecular weight excluding hydrogens is 242 g/mol. The molecule has 3 N–H and O–H groups in total. The zero-order chi connectivity index (χ0) is 13.1. The maximum absolute atomic E-state index is 5.80. The zero-order valence-corrected chi connectivity index (χ0v) is 11.9. The average Bonchev–Trinajstić information content (AvgIpc) is 2.28. The Morgan fingerprint density at radius 1 is 1.50 bits per heavy atom. The van der Waals surface area contributed by atoms with Gasteiger partial charge >= 0.3 is 0 Å². The first-order chi connectivity index (χ1) is 8.58. The molecule has 3 nitrogen and oxygen atoms in total. The molecule has 1 aliphatic carbocycles. The lowest BCUT2D eigenvalue weighted by atomic mass is 9.87. The molecular formula is C14H21N3S. The average molecular weight is 263 g/mol. The Morgan fingerprint density at radius 3 is 2.94 bits per heavy atom. The van der Waals surface area contributed by atoms with Crippen LogP contribution in [-0.2, 0) is 0 Å². The standard InChI is InChI=1S/C14H21N3S/c1-9-4-3-5-11(8-9)17-14-12(13(15)18)10(2)6-7-16-14/h6-7,9,11H,3-5,8H2,1-2H3,(H2,15,18)(H,16,17). The molecule has 1 heterocycles. The van der Waals surface area contributed by atoms with Crippen molar-refractivity contribution in [3.05, 3.63) is 23.4 Å². The molecule has 0 saturated heterocycles. The molecule has 0 spiro atoms. The Bertz CT molecular complexity index is 445. The lowest BCUT2D eigenvalue weighted by molar-refractivity contribution is 0.358. The highest BCUT2D eigenvalue weighted by Gasteiger charge is 2.20. The summed E-state index contributed by atoms with van der Waals surface area (Å²) < 4.78 is 0. The second-order valence-corrected chi connectivity index (χ2v) is 5.77. The van der Waals surface area contributed by atoms with Gasteiger partial charge in [0.15, 0.2) is 0 Å². The lowest BCUT2D eigenvalue weighted by Crippen LogP contribution is -2.28. The molecule has 2 unspecified atom stereocenters. The van der Waals surface area contributed by atoms with Crippen LogP contribution in [0, 0.1) is 12.8 Å². The van der Waals surface area contributed by atoms with Crippen molar-refractivity contribution >= 4 is 23.0 Å². The molecule has 2 rings (SSSR count). The molecule has 0 aliphatic heterocycles. The van der Waals surface area contributed by atoms with Gasteiger partial charge in [-0.3, -0.25) is 0 Å². The van der Waals surface area contributed by atoms with Crippen molar-refractivity contribution in [1.29, 1.82) is 0 Å². The Balaban J connectivity index is 2.18. The van der Waals surface area contributed by atoms with E-state index in [1.807, 2.05) is 19.2 Å². The predicted molar refractivity (Wildman–Crippen MR) is 79.9 cm³/mol. The Hall–Kier alpha value is -1.16. The number of nitrogens with zero attached hydrogens (tertiary/aromatic N) is 1. The van der Waals surface area contributed by atoms with Gasteiger partial charge in [0.05, 0.1) is 5.56 Å². The molecule has 98 valence electrons. The number of rotatable bonds is 3. The summed E-state index contributed by atoms with van der Waals surface area (Å²) in [7, 11) is 0. The summed E-state index contributed by atoms with van der Waals surface area (Å²) in [6, 6.07) is 2.44. The van der Waals surface area contributed by atoms with Crippen molar-refractivity contribution < 1.29 is 0 Å². The van der Waals surface area contributed by atoms with Gasteiger partial charge in [0.1, 0.15) is 10.8 Å². The molecule has 1 fully saturated rings. The summed E-state index contributed by atoms with van der Waals surface area (Å²) >= 11 is 5.13. The Kier molecular flexibility index (Phi) is 4.17. The first-order valence-corrected chi connectivity index (χ1v) is 7.00. The predicted octanol–water partition coefficient (Wildman–Crippen LogP) is 3.01. The first kappa shape index (κ1) is 13.3. The molecule has 4 heteroatoms. The highest BCUT2D eigenvalue weighted by molar-refractivity contribution is 7.80. The number of anilines is 1. The summed E-state index contributed by atoms with van der Waals surface area (Å²) in [5, 5.41) is 3.52. The number of pyridine rings is 1. The molecule has 2 atom stereocenters. The van der Waals surface area contributed by atoms with E-state index in [0.29, 0.717) is 11.0 Å². The van der Waals surface area contributed by atoms with Gasteiger partial charge in [-0.2, -0.15) is 0 Å². The summed E-state index contributed by atoms with van der Waals surface area (Å²) in [6.07, 6.45) is 6.84. The van der Waals surface area contributed by atoms with Crippen LogP contribution in [0.25, 0.3) is 0 Å². The molecule has 0 bridgehead atoms. The van der Waals surface area contributed by atoms with Gasteiger partial charge < -0.3 is 11.1 Å². The van der Waals surface area contributed by atoms with Crippen molar-refractivity contribution in [2.45, 2.75) is 45.6 Å². The molecule has 1 aliphatic rings. The third kappa shape index (κ3) is 2.99. The number of nitrogens with two attached hydrogens (primary N) is 1. The minimum Gasteiger partial charge on any atom is -0.389 e. The SMILES string of the molecule is Cc1ccnc(NC2CCCC(C)C2)c1C(N)=S. The van der Waals surface area contributed by atoms with Gasteiger partial charge in [-0.15, -0.1) is 0 Å². The first-order valence-electron chi connectivity index (χ1n) is 6.60. The summed E-state index contributed by atoms with van der Waals surface area (Å²) in [6.45, 7) is 4.33. The van der Waals surface area contributed by atoms with E-state index >= 15 is 0 Å². The molecule has 0 amide bonds. The van der Waals surface area contributed by atoms with E-state index in [9.17, 15) is 0 Å². The van der Waals surface area contributed by atoms with Crippen LogP contribution in [0.4, 0.5) is 5.82 Å². The van der Waals surface area contributed by atoms with Gasteiger partial charge in [0, 0.05) is 12.2 Å². The van der Waals surface area contributed by atoms with Gasteiger partial charge in [-0.05, 0) is 37.3 Å². The van der Waals surface area contributed by atoms with Gasteiger partial charge in [-0.1, -0.05) is 32.0 Å². The number of hydrogen-bond acceptors (Lipinski definition) is 3. The van der Waals surface area contributed by atoms with Crippen LogP contribution >= 0.6 is 12.2 Å². The van der Waals surface area contributed by atoms with Crippen molar-refractivity contribution in [2.24, 2.45) is 11.7 Å². The van der Waals surface area contributed by atoms with Crippen LogP contribution in [0.2, 0.25) is 0 Å². The largest absolute Gasteiger partial charge is 0.389 e. The molecule has 18 heavy (non-hydrogen) atoms. The highest BCUT2D eigenvalue weighted by Crippen LogP contribution is 2.27. The quantitative estimate of drug-likeness (QED) is 0.823. The van der Waals surface area contributed by atoms with Crippen LogP contribution in [-0.4, -0.2) is 16.0 Å². The van der Waals surface area contributed by atoms with Crippen LogP contribution in [0.5, 0.6) is 0 Å². The van der Waals surface area contributed by atoms with Crippen molar-refractivity contribution in [2.75, 3.05) is 5.32 Å².